The molecule has 0 aliphatic carbocycles. The predicted octanol–water partition coefficient (Wildman–Crippen LogP) is 0.785. The number of primary amides is 1. The van der Waals surface area contributed by atoms with Gasteiger partial charge in [-0.05, 0) is 11.6 Å². The zero-order valence-corrected chi connectivity index (χ0v) is 13.1. The first-order valence-electron chi connectivity index (χ1n) is 6.92. The number of nitrogens with two attached hydrogens (primary N) is 1. The summed E-state index contributed by atoms with van der Waals surface area (Å²) in [6, 6.07) is 5.13. The van der Waals surface area contributed by atoms with E-state index in [1.54, 1.807) is 11.8 Å². The van der Waals surface area contributed by atoms with Crippen LogP contribution in [0.1, 0.15) is 12.5 Å². The van der Waals surface area contributed by atoms with E-state index >= 15 is 0 Å². The fraction of sp³-hybridized carbons (Fsp3) is 0.333. The molecule has 1 aromatic heterocycles. The summed E-state index contributed by atoms with van der Waals surface area (Å²) in [5, 5.41) is 12.5. The summed E-state index contributed by atoms with van der Waals surface area (Å²) in [5.74, 6) is -0.235. The molecule has 6 nitrogen and oxygen atoms in total. The number of fused-ring (bicyclic) bond motifs is 1. The van der Waals surface area contributed by atoms with Gasteiger partial charge in [0.1, 0.15) is 6.04 Å². The van der Waals surface area contributed by atoms with Crippen LogP contribution in [0.2, 0.25) is 0 Å². The van der Waals surface area contributed by atoms with E-state index in [2.05, 4.69) is 10.3 Å². The van der Waals surface area contributed by atoms with Crippen LogP contribution in [0.25, 0.3) is 10.9 Å². The minimum atomic E-state index is -0.731. The van der Waals surface area contributed by atoms with E-state index in [0.717, 1.165) is 21.4 Å². The number of amides is 2. The second-order valence-corrected chi connectivity index (χ2v) is 6.06. The maximum absolute atomic E-state index is 11.5. The molecule has 22 heavy (non-hydrogen) atoms. The lowest BCUT2D eigenvalue weighted by molar-refractivity contribution is -0.126. The minimum absolute atomic E-state index is 0.112. The number of carbonyl (C=O) groups excluding carboxylic acids is 2. The molecule has 7 heteroatoms. The van der Waals surface area contributed by atoms with Crippen LogP contribution >= 0.6 is 11.8 Å². The number of nitrogens with one attached hydrogen (secondary N) is 2. The number of hydrogen-bond donors (Lipinski definition) is 4. The van der Waals surface area contributed by atoms with Gasteiger partial charge in [0.15, 0.2) is 0 Å². The normalized spacial score (nSPS) is 12.3. The maximum atomic E-state index is 11.5. The number of aromatic amines is 1. The highest BCUT2D eigenvalue weighted by Crippen LogP contribution is 2.29. The van der Waals surface area contributed by atoms with Gasteiger partial charge in [0, 0.05) is 35.6 Å². The Balaban J connectivity index is 2.28. The molecule has 2 aromatic rings. The average Bonchev–Trinajstić information content (AvgIpc) is 2.87. The lowest BCUT2D eigenvalue weighted by atomic mass is 10.0. The molecule has 1 heterocycles. The first-order valence-corrected chi connectivity index (χ1v) is 7.90. The van der Waals surface area contributed by atoms with E-state index in [-0.39, 0.29) is 12.5 Å². The second-order valence-electron chi connectivity index (χ2n) is 4.92. The second kappa shape index (κ2) is 7.33. The Morgan fingerprint density at radius 3 is 2.86 bits per heavy atom. The van der Waals surface area contributed by atoms with Crippen LogP contribution in [0.5, 0.6) is 0 Å². The molecule has 2 rings (SSSR count). The first-order chi connectivity index (χ1) is 10.5. The van der Waals surface area contributed by atoms with E-state index in [4.69, 9.17) is 10.8 Å². The highest BCUT2D eigenvalue weighted by atomic mass is 32.2. The van der Waals surface area contributed by atoms with Crippen molar-refractivity contribution in [2.45, 2.75) is 24.3 Å². The molecule has 1 unspecified atom stereocenters. The van der Waals surface area contributed by atoms with Gasteiger partial charge in [-0.25, -0.2) is 0 Å². The van der Waals surface area contributed by atoms with E-state index < -0.39 is 11.9 Å². The Morgan fingerprint density at radius 1 is 1.45 bits per heavy atom. The maximum Gasteiger partial charge on any atom is 0.240 e. The van der Waals surface area contributed by atoms with Crippen LogP contribution in [0.15, 0.2) is 29.3 Å². The summed E-state index contributed by atoms with van der Waals surface area (Å²) in [7, 11) is 0. The first kappa shape index (κ1) is 16.4. The van der Waals surface area contributed by atoms with Crippen molar-refractivity contribution in [1.82, 2.24) is 10.3 Å². The molecule has 0 aliphatic rings. The minimum Gasteiger partial charge on any atom is -0.396 e. The molecule has 5 N–H and O–H groups in total. The Hall–Kier alpha value is -1.99. The SMILES string of the molecule is CC(=O)NC(Cc1c[nH]c2c(SCCO)cccc12)C(N)=O. The summed E-state index contributed by atoms with van der Waals surface area (Å²) < 4.78 is 0. The van der Waals surface area contributed by atoms with Crippen molar-refractivity contribution in [3.63, 3.8) is 0 Å². The van der Waals surface area contributed by atoms with Crippen molar-refractivity contribution in [2.75, 3.05) is 12.4 Å². The fourth-order valence-electron chi connectivity index (χ4n) is 2.32. The van der Waals surface area contributed by atoms with E-state index in [0.29, 0.717) is 12.2 Å². The van der Waals surface area contributed by atoms with Crippen molar-refractivity contribution >= 4 is 34.5 Å². The summed E-state index contributed by atoms with van der Waals surface area (Å²) in [6.45, 7) is 1.47. The third-order valence-corrected chi connectivity index (χ3v) is 4.29. The fourth-order valence-corrected chi connectivity index (χ4v) is 3.12. The number of aliphatic hydroxyl groups is 1. The average molecular weight is 321 g/mol. The van der Waals surface area contributed by atoms with Gasteiger partial charge in [0.05, 0.1) is 12.1 Å². The smallest absolute Gasteiger partial charge is 0.240 e. The zero-order chi connectivity index (χ0) is 16.1. The number of aromatic nitrogens is 1. The molecule has 0 fully saturated rings. The summed E-state index contributed by atoms with van der Waals surface area (Å²) >= 11 is 1.56. The van der Waals surface area contributed by atoms with Crippen LogP contribution < -0.4 is 11.1 Å². The Kier molecular flexibility index (Phi) is 5.46. The largest absolute Gasteiger partial charge is 0.396 e. The highest BCUT2D eigenvalue weighted by Gasteiger charge is 2.19. The van der Waals surface area contributed by atoms with Gasteiger partial charge in [-0.15, -0.1) is 11.8 Å². The van der Waals surface area contributed by atoms with Crippen LogP contribution in [-0.2, 0) is 16.0 Å². The van der Waals surface area contributed by atoms with Crippen LogP contribution in [0.4, 0.5) is 0 Å². The lowest BCUT2D eigenvalue weighted by Crippen LogP contribution is -2.44. The molecular weight excluding hydrogens is 302 g/mol. The Labute approximate surface area is 132 Å². The molecule has 0 saturated heterocycles. The zero-order valence-electron chi connectivity index (χ0n) is 12.3. The number of para-hydroxylation sites is 1. The quantitative estimate of drug-likeness (QED) is 0.565. The molecular formula is C15H19N3O3S. The molecule has 118 valence electrons. The Morgan fingerprint density at radius 2 is 2.23 bits per heavy atom. The van der Waals surface area contributed by atoms with Crippen molar-refractivity contribution in [3.8, 4) is 0 Å². The number of aliphatic hydroxyl groups excluding tert-OH is 1. The van der Waals surface area contributed by atoms with Gasteiger partial charge in [-0.2, -0.15) is 0 Å². The molecule has 0 aliphatic heterocycles. The monoisotopic (exact) mass is 321 g/mol. The molecule has 1 aromatic carbocycles. The van der Waals surface area contributed by atoms with Gasteiger partial charge in [-0.3, -0.25) is 9.59 Å². The summed E-state index contributed by atoms with van der Waals surface area (Å²) in [4.78, 5) is 26.9. The van der Waals surface area contributed by atoms with E-state index in [9.17, 15) is 9.59 Å². The number of H-pyrrole nitrogens is 1. The van der Waals surface area contributed by atoms with Crippen LogP contribution in [-0.4, -0.2) is 40.3 Å². The third kappa shape index (κ3) is 3.80. The standard InChI is InChI=1S/C15H19N3O3S/c1-9(20)18-12(15(16)21)7-10-8-17-14-11(10)3-2-4-13(14)22-6-5-19/h2-4,8,12,17,19H,5-7H2,1H3,(H2,16,21)(H,18,20). The van der Waals surface area contributed by atoms with Crippen molar-refractivity contribution < 1.29 is 14.7 Å². The molecule has 0 radical (unpaired) electrons. The third-order valence-electron chi connectivity index (χ3n) is 3.26. The van der Waals surface area contributed by atoms with Crippen LogP contribution in [0, 0.1) is 0 Å². The summed E-state index contributed by atoms with van der Waals surface area (Å²) in [5.41, 5.74) is 7.22. The summed E-state index contributed by atoms with van der Waals surface area (Å²) in [6.07, 6.45) is 2.16. The molecule has 1 atom stereocenters. The van der Waals surface area contributed by atoms with Crippen LogP contribution in [0.3, 0.4) is 0 Å². The van der Waals surface area contributed by atoms with Gasteiger partial charge in [-0.1, -0.05) is 12.1 Å². The Bertz CT molecular complexity index is 684. The van der Waals surface area contributed by atoms with Gasteiger partial charge < -0.3 is 21.1 Å². The van der Waals surface area contributed by atoms with Gasteiger partial charge >= 0.3 is 0 Å². The predicted molar refractivity (Wildman–Crippen MR) is 86.6 cm³/mol. The number of rotatable bonds is 7. The molecule has 0 saturated carbocycles. The number of hydrogen-bond acceptors (Lipinski definition) is 4. The molecule has 0 bridgehead atoms. The van der Waals surface area contributed by atoms with Crippen molar-refractivity contribution in [1.29, 1.82) is 0 Å². The van der Waals surface area contributed by atoms with Crippen molar-refractivity contribution in [2.24, 2.45) is 5.73 Å². The highest BCUT2D eigenvalue weighted by molar-refractivity contribution is 7.99. The van der Waals surface area contributed by atoms with Gasteiger partial charge in [0.2, 0.25) is 11.8 Å². The molecule has 2 amide bonds. The van der Waals surface area contributed by atoms with Gasteiger partial charge in [0.25, 0.3) is 0 Å². The number of benzene rings is 1. The lowest BCUT2D eigenvalue weighted by Gasteiger charge is -2.13. The number of thioether (sulfide) groups is 1. The van der Waals surface area contributed by atoms with E-state index in [1.807, 2.05) is 24.4 Å². The topological polar surface area (TPSA) is 108 Å². The van der Waals surface area contributed by atoms with Crippen molar-refractivity contribution in [3.05, 3.63) is 30.0 Å². The molecule has 0 spiro atoms. The van der Waals surface area contributed by atoms with E-state index in [1.165, 1.54) is 6.92 Å². The number of carbonyl (C=O) groups is 2.